The fraction of sp³-hybridized carbons (Fsp3) is 0.294. The van der Waals surface area contributed by atoms with E-state index < -0.39 is 0 Å². The molecule has 2 N–H and O–H groups in total. The van der Waals surface area contributed by atoms with E-state index in [9.17, 15) is 5.11 Å². The predicted octanol–water partition coefficient (Wildman–Crippen LogP) is 2.94. The lowest BCUT2D eigenvalue weighted by Crippen LogP contribution is -2.42. The molecule has 4 rings (SSSR count). The third-order valence-electron chi connectivity index (χ3n) is 4.56. The van der Waals surface area contributed by atoms with Gasteiger partial charge in [-0.05, 0) is 35.6 Å². The van der Waals surface area contributed by atoms with Crippen LogP contribution in [0.15, 0.2) is 42.5 Å². The molecule has 0 unspecified atom stereocenters. The van der Waals surface area contributed by atoms with Crippen LogP contribution in [0.1, 0.15) is 34.6 Å². The Balaban J connectivity index is 1.95. The van der Waals surface area contributed by atoms with E-state index in [-0.39, 0.29) is 0 Å². The van der Waals surface area contributed by atoms with Crippen LogP contribution in [0.5, 0.6) is 5.75 Å². The first-order valence-electron chi connectivity index (χ1n) is 6.96. The SMILES string of the molecule is Oc1cccc2c1[C@@H]1c3ccccc3CC[C@H]1NC2. The van der Waals surface area contributed by atoms with Gasteiger partial charge in [-0.15, -0.1) is 0 Å². The third-order valence-corrected chi connectivity index (χ3v) is 4.56. The van der Waals surface area contributed by atoms with Gasteiger partial charge in [0, 0.05) is 24.1 Å². The number of phenolic OH excluding ortho intramolecular Hbond substituents is 1. The molecular formula is C17H17NO. The monoisotopic (exact) mass is 251 g/mol. The van der Waals surface area contributed by atoms with E-state index in [2.05, 4.69) is 35.6 Å². The van der Waals surface area contributed by atoms with Gasteiger partial charge in [-0.3, -0.25) is 0 Å². The van der Waals surface area contributed by atoms with E-state index in [1.165, 1.54) is 16.7 Å². The molecule has 0 amide bonds. The van der Waals surface area contributed by atoms with Gasteiger partial charge in [0.25, 0.3) is 0 Å². The number of benzene rings is 2. The zero-order chi connectivity index (χ0) is 12.8. The van der Waals surface area contributed by atoms with Crippen molar-refractivity contribution >= 4 is 0 Å². The minimum absolute atomic E-state index is 0.301. The molecule has 19 heavy (non-hydrogen) atoms. The summed E-state index contributed by atoms with van der Waals surface area (Å²) < 4.78 is 0. The van der Waals surface area contributed by atoms with E-state index in [0.717, 1.165) is 24.9 Å². The highest BCUT2D eigenvalue weighted by molar-refractivity contribution is 5.52. The maximum atomic E-state index is 10.3. The summed E-state index contributed by atoms with van der Waals surface area (Å²) in [5, 5.41) is 13.9. The molecule has 96 valence electrons. The van der Waals surface area contributed by atoms with Crippen LogP contribution < -0.4 is 5.32 Å². The molecule has 2 aliphatic rings. The van der Waals surface area contributed by atoms with E-state index in [4.69, 9.17) is 0 Å². The summed E-state index contributed by atoms with van der Waals surface area (Å²) in [5.41, 5.74) is 5.19. The molecule has 1 heterocycles. The van der Waals surface area contributed by atoms with Crippen molar-refractivity contribution in [2.75, 3.05) is 0 Å². The highest BCUT2D eigenvalue weighted by atomic mass is 16.3. The van der Waals surface area contributed by atoms with Crippen LogP contribution in [0.4, 0.5) is 0 Å². The van der Waals surface area contributed by atoms with Crippen molar-refractivity contribution in [2.24, 2.45) is 0 Å². The van der Waals surface area contributed by atoms with Gasteiger partial charge in [-0.1, -0.05) is 36.4 Å². The number of rotatable bonds is 0. The van der Waals surface area contributed by atoms with Crippen molar-refractivity contribution < 1.29 is 5.11 Å². The number of hydrogen-bond acceptors (Lipinski definition) is 2. The van der Waals surface area contributed by atoms with Crippen LogP contribution in [0.25, 0.3) is 0 Å². The Morgan fingerprint density at radius 1 is 1.00 bits per heavy atom. The lowest BCUT2D eigenvalue weighted by molar-refractivity contribution is 0.376. The van der Waals surface area contributed by atoms with E-state index >= 15 is 0 Å². The average Bonchev–Trinajstić information content (AvgIpc) is 2.47. The highest BCUT2D eigenvalue weighted by Gasteiger charge is 2.36. The summed E-state index contributed by atoms with van der Waals surface area (Å²) in [6.45, 7) is 0.868. The standard InChI is InChI=1S/C17H17NO/c19-15-7-3-5-12-10-18-14-9-8-11-4-1-2-6-13(11)17(14)16(12)15/h1-7,14,17-19H,8-10H2/t14-,17-/m1/s1. The van der Waals surface area contributed by atoms with E-state index in [1.54, 1.807) is 0 Å². The van der Waals surface area contributed by atoms with Crippen molar-refractivity contribution in [2.45, 2.75) is 31.3 Å². The van der Waals surface area contributed by atoms with Gasteiger partial charge >= 0.3 is 0 Å². The minimum atomic E-state index is 0.301. The second-order valence-electron chi connectivity index (χ2n) is 5.55. The zero-order valence-electron chi connectivity index (χ0n) is 10.8. The lowest BCUT2D eigenvalue weighted by Gasteiger charge is -2.39. The second kappa shape index (κ2) is 4.10. The third kappa shape index (κ3) is 1.60. The second-order valence-corrected chi connectivity index (χ2v) is 5.55. The molecule has 2 aromatic carbocycles. The highest BCUT2D eigenvalue weighted by Crippen LogP contribution is 2.44. The summed E-state index contributed by atoms with van der Waals surface area (Å²) in [4.78, 5) is 0. The predicted molar refractivity (Wildman–Crippen MR) is 75.3 cm³/mol. The molecule has 0 saturated heterocycles. The summed E-state index contributed by atoms with van der Waals surface area (Å²) in [7, 11) is 0. The molecule has 2 heteroatoms. The fourth-order valence-corrected chi connectivity index (χ4v) is 3.69. The summed E-state index contributed by atoms with van der Waals surface area (Å²) in [6.07, 6.45) is 2.28. The largest absolute Gasteiger partial charge is 0.508 e. The lowest BCUT2D eigenvalue weighted by atomic mass is 9.72. The van der Waals surface area contributed by atoms with Crippen LogP contribution in [0, 0.1) is 0 Å². The van der Waals surface area contributed by atoms with Crippen LogP contribution in [0.3, 0.4) is 0 Å². The molecule has 0 spiro atoms. The van der Waals surface area contributed by atoms with Crippen molar-refractivity contribution in [1.29, 1.82) is 0 Å². The molecule has 0 fully saturated rings. The molecule has 2 aromatic rings. The molecule has 2 nitrogen and oxygen atoms in total. The average molecular weight is 251 g/mol. The smallest absolute Gasteiger partial charge is 0.119 e. The van der Waals surface area contributed by atoms with Gasteiger partial charge in [0.05, 0.1) is 0 Å². The Kier molecular flexibility index (Phi) is 2.39. The van der Waals surface area contributed by atoms with Crippen LogP contribution in [0.2, 0.25) is 0 Å². The first-order valence-corrected chi connectivity index (χ1v) is 6.96. The molecule has 0 radical (unpaired) electrons. The summed E-state index contributed by atoms with van der Waals surface area (Å²) >= 11 is 0. The Bertz CT molecular complexity index is 635. The molecule has 2 atom stereocenters. The van der Waals surface area contributed by atoms with Gasteiger partial charge in [-0.2, -0.15) is 0 Å². The van der Waals surface area contributed by atoms with Gasteiger partial charge in [0.1, 0.15) is 5.75 Å². The number of nitrogens with one attached hydrogen (secondary N) is 1. The van der Waals surface area contributed by atoms with Crippen LogP contribution >= 0.6 is 0 Å². The van der Waals surface area contributed by atoms with Gasteiger partial charge in [0.2, 0.25) is 0 Å². The number of hydrogen-bond donors (Lipinski definition) is 2. The number of phenols is 1. The van der Waals surface area contributed by atoms with Crippen molar-refractivity contribution in [3.63, 3.8) is 0 Å². The van der Waals surface area contributed by atoms with Crippen molar-refractivity contribution in [3.05, 3.63) is 64.7 Å². The van der Waals surface area contributed by atoms with Crippen LogP contribution in [-0.2, 0) is 13.0 Å². The van der Waals surface area contributed by atoms with Crippen molar-refractivity contribution in [3.8, 4) is 5.75 Å². The molecule has 0 saturated carbocycles. The Hall–Kier alpha value is -1.80. The first-order chi connectivity index (χ1) is 9.34. The molecular weight excluding hydrogens is 234 g/mol. The Labute approximate surface area is 113 Å². The number of aryl methyl sites for hydroxylation is 1. The quantitative estimate of drug-likeness (QED) is 0.754. The van der Waals surface area contributed by atoms with Crippen LogP contribution in [-0.4, -0.2) is 11.1 Å². The molecule has 0 bridgehead atoms. The number of aromatic hydroxyl groups is 1. The normalized spacial score (nSPS) is 24.2. The minimum Gasteiger partial charge on any atom is -0.508 e. The van der Waals surface area contributed by atoms with E-state index in [1.807, 2.05) is 12.1 Å². The molecule has 1 aliphatic heterocycles. The fourth-order valence-electron chi connectivity index (χ4n) is 3.69. The summed E-state index contributed by atoms with van der Waals surface area (Å²) in [6, 6.07) is 15.0. The van der Waals surface area contributed by atoms with Gasteiger partial charge in [-0.25, -0.2) is 0 Å². The molecule has 0 aromatic heterocycles. The van der Waals surface area contributed by atoms with E-state index in [0.29, 0.717) is 17.7 Å². The first kappa shape index (κ1) is 11.1. The zero-order valence-corrected chi connectivity index (χ0v) is 10.8. The van der Waals surface area contributed by atoms with Crippen molar-refractivity contribution in [1.82, 2.24) is 5.32 Å². The van der Waals surface area contributed by atoms with Gasteiger partial charge in [0.15, 0.2) is 0 Å². The maximum absolute atomic E-state index is 10.3. The Morgan fingerprint density at radius 2 is 1.84 bits per heavy atom. The maximum Gasteiger partial charge on any atom is 0.119 e. The topological polar surface area (TPSA) is 32.3 Å². The molecule has 1 aliphatic carbocycles. The Morgan fingerprint density at radius 3 is 2.79 bits per heavy atom. The summed E-state index contributed by atoms with van der Waals surface area (Å²) in [5.74, 6) is 0.751. The number of fused-ring (bicyclic) bond motifs is 5. The van der Waals surface area contributed by atoms with Gasteiger partial charge < -0.3 is 10.4 Å².